The third-order valence-corrected chi connectivity index (χ3v) is 6.14. The van der Waals surface area contributed by atoms with Crippen LogP contribution >= 0.6 is 23.6 Å². The molecule has 0 unspecified atom stereocenters. The monoisotopic (exact) mass is 448 g/mol. The van der Waals surface area contributed by atoms with Crippen molar-refractivity contribution in [1.29, 1.82) is 0 Å². The predicted octanol–water partition coefficient (Wildman–Crippen LogP) is 4.58. The molecule has 1 aliphatic carbocycles. The Labute approximate surface area is 184 Å². The van der Waals surface area contributed by atoms with Gasteiger partial charge >= 0.3 is 0 Å². The van der Waals surface area contributed by atoms with Gasteiger partial charge in [-0.05, 0) is 53.5 Å². The molecule has 131 valence electrons. The average molecular weight is 448 g/mol. The predicted molar refractivity (Wildman–Crippen MR) is 102 cm³/mol. The molecule has 25 heavy (non-hydrogen) atoms. The number of thiocarbonyl (C=S) groups is 1. The fraction of sp³-hybridized carbons (Fsp3) is 0.450. The molecular weight excluding hydrogens is 425 g/mol. The number of ether oxygens (including phenoxy) is 1. The molecule has 2 aromatic rings. The van der Waals surface area contributed by atoms with Gasteiger partial charge in [0.25, 0.3) is 0 Å². The maximum atomic E-state index is 9.47. The second-order valence-corrected chi connectivity index (χ2v) is 7.86. The van der Waals surface area contributed by atoms with E-state index >= 15 is 0 Å². The first kappa shape index (κ1) is 21.3. The molecule has 1 aromatic carbocycles. The van der Waals surface area contributed by atoms with Gasteiger partial charge in [-0.15, -0.1) is 10.3 Å². The number of benzene rings is 1. The normalized spacial score (nSPS) is 19.8. The molecule has 5 heteroatoms. The molecule has 3 rings (SSSR count). The summed E-state index contributed by atoms with van der Waals surface area (Å²) in [5, 5.41) is 12.6. The minimum Gasteiger partial charge on any atom is -0.392 e. The van der Waals surface area contributed by atoms with Crippen LogP contribution in [0, 0.1) is 17.2 Å². The third-order valence-electron chi connectivity index (χ3n) is 4.86. The molecule has 1 heterocycles. The Morgan fingerprint density at radius 2 is 2.04 bits per heavy atom. The zero-order valence-electron chi connectivity index (χ0n) is 14.3. The molecule has 1 radical (unpaired) electrons. The Kier molecular flexibility index (Phi) is 9.39. The molecule has 0 bridgehead atoms. The first-order valence-electron chi connectivity index (χ1n) is 8.50. The molecule has 0 spiro atoms. The van der Waals surface area contributed by atoms with Crippen LogP contribution in [0.5, 0.6) is 0 Å². The topological polar surface area (TPSA) is 29.5 Å². The third kappa shape index (κ3) is 6.02. The van der Waals surface area contributed by atoms with Gasteiger partial charge in [-0.1, -0.05) is 36.5 Å². The standard InChI is InChI=1S/C20H23O2S2.Y/c21-12-16-5-2-1-4-15(16)7-9-19-17(8-10-20(19)23)13-22-14-18-6-3-11-24-18;/h1-6,17,19,21H,7-10,12-14H2;/q-1;/t17-,19-;/m1./s1. The SMILES string of the molecule is OCc1ccccc1CC[C@H]1C(=S)CC[C@@H]1COCc1cc[c-]s1.[Y]. The average Bonchev–Trinajstić information content (AvgIpc) is 3.24. The summed E-state index contributed by atoms with van der Waals surface area (Å²) in [6.07, 6.45) is 4.21. The van der Waals surface area contributed by atoms with Crippen LogP contribution in [0.3, 0.4) is 0 Å². The van der Waals surface area contributed by atoms with Crippen molar-refractivity contribution in [2.24, 2.45) is 11.8 Å². The Morgan fingerprint density at radius 1 is 1.24 bits per heavy atom. The van der Waals surface area contributed by atoms with Crippen LogP contribution in [0.4, 0.5) is 0 Å². The van der Waals surface area contributed by atoms with Crippen LogP contribution in [-0.4, -0.2) is 16.6 Å². The van der Waals surface area contributed by atoms with Gasteiger partial charge in [0.05, 0.1) is 6.61 Å². The Hall–Kier alpha value is 0.0339. The summed E-state index contributed by atoms with van der Waals surface area (Å²) in [7, 11) is 0. The maximum absolute atomic E-state index is 9.47. The number of hydrogen-bond acceptors (Lipinski definition) is 4. The number of hydrogen-bond donors (Lipinski definition) is 1. The number of rotatable bonds is 8. The molecule has 1 N–H and O–H groups in total. The van der Waals surface area contributed by atoms with E-state index in [0.717, 1.165) is 37.9 Å². The van der Waals surface area contributed by atoms with Gasteiger partial charge in [0.2, 0.25) is 0 Å². The Balaban J connectivity index is 0.00000225. The quantitative estimate of drug-likeness (QED) is 0.474. The molecule has 1 fully saturated rings. The van der Waals surface area contributed by atoms with Crippen molar-refractivity contribution >= 4 is 28.4 Å². The van der Waals surface area contributed by atoms with Crippen LogP contribution in [-0.2, 0) is 57.1 Å². The minimum atomic E-state index is 0. The van der Waals surface area contributed by atoms with E-state index in [1.165, 1.54) is 15.3 Å². The summed E-state index contributed by atoms with van der Waals surface area (Å²) >= 11 is 7.24. The summed E-state index contributed by atoms with van der Waals surface area (Å²) < 4.78 is 5.93. The Morgan fingerprint density at radius 3 is 2.76 bits per heavy atom. The fourth-order valence-electron chi connectivity index (χ4n) is 3.50. The van der Waals surface area contributed by atoms with Crippen molar-refractivity contribution in [3.8, 4) is 0 Å². The van der Waals surface area contributed by atoms with E-state index in [0.29, 0.717) is 18.4 Å². The Bertz CT molecular complexity index is 657. The van der Waals surface area contributed by atoms with E-state index in [-0.39, 0.29) is 39.3 Å². The van der Waals surface area contributed by atoms with Gasteiger partial charge < -0.3 is 9.84 Å². The second kappa shape index (κ2) is 11.0. The van der Waals surface area contributed by atoms with Crippen molar-refractivity contribution in [2.45, 2.75) is 38.9 Å². The van der Waals surface area contributed by atoms with Crippen molar-refractivity contribution < 1.29 is 42.6 Å². The van der Waals surface area contributed by atoms with E-state index in [2.05, 4.69) is 17.5 Å². The second-order valence-electron chi connectivity index (χ2n) is 6.37. The van der Waals surface area contributed by atoms with Crippen LogP contribution in [0.2, 0.25) is 0 Å². The zero-order valence-corrected chi connectivity index (χ0v) is 18.8. The van der Waals surface area contributed by atoms with Gasteiger partial charge in [0.1, 0.15) is 0 Å². The van der Waals surface area contributed by atoms with Gasteiger partial charge in [-0.3, -0.25) is 11.3 Å². The molecule has 2 atom stereocenters. The summed E-state index contributed by atoms with van der Waals surface area (Å²) in [6, 6.07) is 12.1. The van der Waals surface area contributed by atoms with E-state index in [9.17, 15) is 5.11 Å². The molecule has 0 aliphatic heterocycles. The number of thiophene rings is 1. The maximum Gasteiger partial charge on any atom is 0.0684 e. The number of aliphatic hydroxyl groups is 1. The summed E-state index contributed by atoms with van der Waals surface area (Å²) in [6.45, 7) is 1.57. The molecule has 0 amide bonds. The molecule has 1 aliphatic rings. The van der Waals surface area contributed by atoms with Crippen molar-refractivity contribution in [3.63, 3.8) is 0 Å². The molecule has 2 nitrogen and oxygen atoms in total. The van der Waals surface area contributed by atoms with Gasteiger partial charge in [-0.25, -0.2) is 0 Å². The zero-order chi connectivity index (χ0) is 16.8. The fourth-order valence-corrected chi connectivity index (χ4v) is 4.49. The minimum absolute atomic E-state index is 0. The summed E-state index contributed by atoms with van der Waals surface area (Å²) in [4.78, 5) is 2.43. The van der Waals surface area contributed by atoms with Crippen LogP contribution in [0.1, 0.15) is 35.3 Å². The first-order chi connectivity index (χ1) is 11.8. The molecule has 1 aromatic heterocycles. The van der Waals surface area contributed by atoms with Crippen molar-refractivity contribution in [3.05, 3.63) is 57.8 Å². The number of aryl methyl sites for hydroxylation is 1. The molecule has 1 saturated carbocycles. The summed E-state index contributed by atoms with van der Waals surface area (Å²) in [5.74, 6) is 0.990. The molecular formula is C20H23O2S2Y-. The van der Waals surface area contributed by atoms with Gasteiger partial charge in [0, 0.05) is 45.9 Å². The smallest absolute Gasteiger partial charge is 0.0684 e. The van der Waals surface area contributed by atoms with Gasteiger partial charge in [-0.2, -0.15) is 12.1 Å². The van der Waals surface area contributed by atoms with Crippen LogP contribution < -0.4 is 0 Å². The van der Waals surface area contributed by atoms with Crippen molar-refractivity contribution in [2.75, 3.05) is 6.61 Å². The summed E-state index contributed by atoms with van der Waals surface area (Å²) in [5.41, 5.74) is 2.27. The van der Waals surface area contributed by atoms with Crippen molar-refractivity contribution in [1.82, 2.24) is 0 Å². The first-order valence-corrected chi connectivity index (χ1v) is 9.73. The largest absolute Gasteiger partial charge is 0.392 e. The van der Waals surface area contributed by atoms with Crippen LogP contribution in [0.25, 0.3) is 0 Å². The number of aliphatic hydroxyl groups excluding tert-OH is 1. The van der Waals surface area contributed by atoms with E-state index in [4.69, 9.17) is 17.0 Å². The van der Waals surface area contributed by atoms with Crippen LogP contribution in [0.15, 0.2) is 36.4 Å². The molecule has 0 saturated heterocycles. The van der Waals surface area contributed by atoms with E-state index in [1.54, 1.807) is 11.3 Å². The van der Waals surface area contributed by atoms with E-state index < -0.39 is 0 Å². The van der Waals surface area contributed by atoms with Gasteiger partial charge in [0.15, 0.2) is 0 Å². The van der Waals surface area contributed by atoms with E-state index in [1.807, 2.05) is 24.3 Å².